The van der Waals surface area contributed by atoms with Crippen LogP contribution in [0.1, 0.15) is 38.3 Å². The number of nitrogens with zero attached hydrogens (tertiary/aromatic N) is 3. The van der Waals surface area contributed by atoms with Crippen molar-refractivity contribution in [3.63, 3.8) is 0 Å². The molecule has 33 heavy (non-hydrogen) atoms. The number of carbonyl (C=O) groups excluding carboxylic acids is 1. The molecule has 2 heterocycles. The fourth-order valence-corrected chi connectivity index (χ4v) is 4.01. The van der Waals surface area contributed by atoms with Gasteiger partial charge in [0.1, 0.15) is 11.5 Å². The topological polar surface area (TPSA) is 94.2 Å². The molecule has 1 aromatic rings. The SMILES string of the molecule is C=C(C)C(F)(F)C(C)(O)c1ncc2n1[C@@H](C)CN(C(=O)/C(NC)=C1\C=C(F)C(F)=CC1=N)C2. The Balaban J connectivity index is 1.97. The van der Waals surface area contributed by atoms with Crippen LogP contribution in [0.15, 0.2) is 53.4 Å². The number of likely N-dealkylation sites (N-methyl/N-ethyl adjacent to an activating group) is 1. The number of aromatic nitrogens is 2. The van der Waals surface area contributed by atoms with Crippen LogP contribution in [0, 0.1) is 5.41 Å². The quantitative estimate of drug-likeness (QED) is 0.351. The molecule has 7 nitrogen and oxygen atoms in total. The highest BCUT2D eigenvalue weighted by Gasteiger charge is 2.54. The summed E-state index contributed by atoms with van der Waals surface area (Å²) in [5.41, 5.74) is -3.34. The van der Waals surface area contributed by atoms with Gasteiger partial charge in [0, 0.05) is 25.2 Å². The number of imidazole rings is 1. The number of aliphatic hydroxyl groups is 1. The average molecular weight is 467 g/mol. The molecule has 1 aromatic heterocycles. The van der Waals surface area contributed by atoms with E-state index in [2.05, 4.69) is 16.9 Å². The first-order valence-electron chi connectivity index (χ1n) is 10.1. The van der Waals surface area contributed by atoms with Crippen molar-refractivity contribution in [1.29, 1.82) is 5.41 Å². The van der Waals surface area contributed by atoms with Crippen LogP contribution in [-0.4, -0.2) is 50.7 Å². The molecule has 0 saturated heterocycles. The fourth-order valence-electron chi connectivity index (χ4n) is 4.01. The van der Waals surface area contributed by atoms with E-state index in [1.54, 1.807) is 6.92 Å². The van der Waals surface area contributed by atoms with Crippen molar-refractivity contribution >= 4 is 11.6 Å². The van der Waals surface area contributed by atoms with Crippen LogP contribution in [0.5, 0.6) is 0 Å². The Morgan fingerprint density at radius 3 is 2.52 bits per heavy atom. The molecule has 0 radical (unpaired) electrons. The average Bonchev–Trinajstić information content (AvgIpc) is 3.17. The Kier molecular flexibility index (Phi) is 6.14. The van der Waals surface area contributed by atoms with E-state index < -0.39 is 40.7 Å². The number of carbonyl (C=O) groups is 1. The summed E-state index contributed by atoms with van der Waals surface area (Å²) in [6.45, 7) is 7.06. The normalized spacial score (nSPS) is 22.2. The van der Waals surface area contributed by atoms with Gasteiger partial charge in [0.05, 0.1) is 30.2 Å². The van der Waals surface area contributed by atoms with Gasteiger partial charge in [0.15, 0.2) is 17.3 Å². The van der Waals surface area contributed by atoms with Crippen LogP contribution < -0.4 is 5.32 Å². The van der Waals surface area contributed by atoms with Gasteiger partial charge >= 0.3 is 5.92 Å². The zero-order valence-electron chi connectivity index (χ0n) is 18.6. The van der Waals surface area contributed by atoms with Crippen molar-refractivity contribution in [2.75, 3.05) is 13.6 Å². The Bertz CT molecular complexity index is 1130. The second-order valence-electron chi connectivity index (χ2n) is 8.34. The molecule has 11 heteroatoms. The van der Waals surface area contributed by atoms with E-state index in [9.17, 15) is 27.5 Å². The number of nitrogens with one attached hydrogen (secondary N) is 2. The third kappa shape index (κ3) is 3.90. The number of halogens is 4. The molecule has 3 rings (SSSR count). The Morgan fingerprint density at radius 2 is 1.94 bits per heavy atom. The lowest BCUT2D eigenvalue weighted by Crippen LogP contribution is -2.48. The Hall–Kier alpha value is -3.21. The van der Waals surface area contributed by atoms with Gasteiger partial charge in [0.2, 0.25) is 0 Å². The van der Waals surface area contributed by atoms with E-state index >= 15 is 0 Å². The summed E-state index contributed by atoms with van der Waals surface area (Å²) in [4.78, 5) is 18.6. The number of allylic oxidation sites excluding steroid dienone is 5. The number of fused-ring (bicyclic) bond motifs is 1. The first-order valence-corrected chi connectivity index (χ1v) is 10.1. The summed E-state index contributed by atoms with van der Waals surface area (Å²) in [5, 5.41) is 21.3. The molecule has 1 aliphatic carbocycles. The maximum atomic E-state index is 14.7. The van der Waals surface area contributed by atoms with Gasteiger partial charge in [-0.1, -0.05) is 6.58 Å². The van der Waals surface area contributed by atoms with E-state index in [4.69, 9.17) is 5.41 Å². The van der Waals surface area contributed by atoms with Crippen molar-refractivity contribution in [3.8, 4) is 0 Å². The molecule has 0 fully saturated rings. The highest BCUT2D eigenvalue weighted by atomic mass is 19.3. The molecule has 0 aromatic carbocycles. The van der Waals surface area contributed by atoms with Gasteiger partial charge in [-0.2, -0.15) is 8.78 Å². The van der Waals surface area contributed by atoms with Crippen molar-refractivity contribution in [1.82, 2.24) is 19.8 Å². The standard InChI is InChI=1S/C22H25F4N5O2/c1-11(2)22(25,26)21(4,33)20-29-8-13-10-30(9-12(3)31(13)20)19(32)18(28-5)14-6-15(23)16(24)7-17(14)27/h6-8,12,27-28,33H,1,9-10H2,2-5H3/b18-14-,27-17?/t12-,21?/m0/s1. The molecular weight excluding hydrogens is 442 g/mol. The lowest BCUT2D eigenvalue weighted by atomic mass is 9.91. The van der Waals surface area contributed by atoms with Gasteiger partial charge < -0.3 is 25.3 Å². The first kappa shape index (κ1) is 24.4. The molecule has 178 valence electrons. The van der Waals surface area contributed by atoms with Crippen molar-refractivity contribution in [2.24, 2.45) is 0 Å². The number of hydrogen-bond donors (Lipinski definition) is 3. The second-order valence-corrected chi connectivity index (χ2v) is 8.34. The van der Waals surface area contributed by atoms with E-state index in [1.807, 2.05) is 0 Å². The Morgan fingerprint density at radius 1 is 1.33 bits per heavy atom. The van der Waals surface area contributed by atoms with E-state index in [1.165, 1.54) is 22.7 Å². The lowest BCUT2D eigenvalue weighted by molar-refractivity contribution is -0.159. The predicted molar refractivity (Wildman–Crippen MR) is 114 cm³/mol. The summed E-state index contributed by atoms with van der Waals surface area (Å²) in [7, 11) is 1.42. The van der Waals surface area contributed by atoms with Crippen molar-refractivity contribution in [3.05, 3.63) is 64.9 Å². The molecular formula is C22H25F4N5O2. The summed E-state index contributed by atoms with van der Waals surface area (Å²) in [5.74, 6) is -6.88. The monoisotopic (exact) mass is 467 g/mol. The van der Waals surface area contributed by atoms with Crippen LogP contribution in [0.25, 0.3) is 0 Å². The van der Waals surface area contributed by atoms with E-state index in [0.29, 0.717) is 11.8 Å². The minimum atomic E-state index is -3.65. The molecule has 2 aliphatic rings. The number of hydrogen-bond acceptors (Lipinski definition) is 5. The summed E-state index contributed by atoms with van der Waals surface area (Å²) in [6.07, 6.45) is 2.76. The highest BCUT2D eigenvalue weighted by molar-refractivity contribution is 6.14. The zero-order valence-corrected chi connectivity index (χ0v) is 18.6. The van der Waals surface area contributed by atoms with E-state index in [-0.39, 0.29) is 35.9 Å². The predicted octanol–water partition coefficient (Wildman–Crippen LogP) is 3.42. The van der Waals surface area contributed by atoms with Crippen LogP contribution in [0.3, 0.4) is 0 Å². The summed E-state index contributed by atoms with van der Waals surface area (Å²) in [6, 6.07) is -0.541. The fraction of sp³-hybridized carbons (Fsp3) is 0.409. The van der Waals surface area contributed by atoms with Gasteiger partial charge in [0.25, 0.3) is 5.91 Å². The molecule has 2 atom stereocenters. The smallest absolute Gasteiger partial charge is 0.303 e. The van der Waals surface area contributed by atoms with Gasteiger partial charge in [-0.15, -0.1) is 0 Å². The molecule has 3 N–H and O–H groups in total. The molecule has 0 bridgehead atoms. The van der Waals surface area contributed by atoms with Crippen LogP contribution in [-0.2, 0) is 16.9 Å². The highest BCUT2D eigenvalue weighted by Crippen LogP contribution is 2.43. The molecule has 1 unspecified atom stereocenters. The van der Waals surface area contributed by atoms with Crippen molar-refractivity contribution < 1.29 is 27.5 Å². The number of alkyl halides is 2. The van der Waals surface area contributed by atoms with Gasteiger partial charge in [-0.3, -0.25) is 4.79 Å². The van der Waals surface area contributed by atoms with E-state index in [0.717, 1.165) is 19.9 Å². The minimum absolute atomic E-state index is 0.0346. The molecule has 1 aliphatic heterocycles. The number of amides is 1. The number of rotatable bonds is 5. The van der Waals surface area contributed by atoms with Gasteiger partial charge in [-0.05, 0) is 32.4 Å². The minimum Gasteiger partial charge on any atom is -0.383 e. The van der Waals surface area contributed by atoms with Gasteiger partial charge in [-0.25, -0.2) is 13.8 Å². The third-order valence-corrected chi connectivity index (χ3v) is 5.82. The maximum Gasteiger partial charge on any atom is 0.303 e. The van der Waals surface area contributed by atoms with Crippen LogP contribution >= 0.6 is 0 Å². The second kappa shape index (κ2) is 8.29. The Labute approximate surface area is 188 Å². The first-order chi connectivity index (χ1) is 15.2. The molecule has 1 amide bonds. The summed E-state index contributed by atoms with van der Waals surface area (Å²) < 4.78 is 58.0. The zero-order chi connectivity index (χ0) is 24.9. The molecule has 0 spiro atoms. The van der Waals surface area contributed by atoms with Crippen molar-refractivity contribution in [2.45, 2.75) is 44.9 Å². The van der Waals surface area contributed by atoms with Crippen LogP contribution in [0.2, 0.25) is 0 Å². The maximum absolute atomic E-state index is 14.7. The third-order valence-electron chi connectivity index (χ3n) is 5.82. The summed E-state index contributed by atoms with van der Waals surface area (Å²) >= 11 is 0. The molecule has 0 saturated carbocycles. The van der Waals surface area contributed by atoms with Crippen LogP contribution in [0.4, 0.5) is 17.6 Å². The largest absolute Gasteiger partial charge is 0.383 e. The lowest BCUT2D eigenvalue weighted by Gasteiger charge is -2.38.